The summed E-state index contributed by atoms with van der Waals surface area (Å²) in [4.78, 5) is 33.6. The van der Waals surface area contributed by atoms with E-state index in [1.54, 1.807) is 4.57 Å². The summed E-state index contributed by atoms with van der Waals surface area (Å²) in [5, 5.41) is 4.05. The van der Waals surface area contributed by atoms with Gasteiger partial charge in [-0.3, -0.25) is 14.4 Å². The molecule has 2 aromatic rings. The van der Waals surface area contributed by atoms with Gasteiger partial charge in [0, 0.05) is 22.2 Å². The molecule has 3 aliphatic rings. The molecule has 2 amide bonds. The van der Waals surface area contributed by atoms with E-state index in [1.165, 1.54) is 0 Å². The average Bonchev–Trinajstić information content (AvgIpc) is 3.33. The highest BCUT2D eigenvalue weighted by atomic mass is 28.3. The number of amides is 2. The summed E-state index contributed by atoms with van der Waals surface area (Å²) in [7, 11) is -1.67. The molecule has 0 bridgehead atoms. The molecule has 3 heterocycles. The van der Waals surface area contributed by atoms with E-state index in [4.69, 9.17) is 4.99 Å². The minimum absolute atomic E-state index is 0.0474. The number of carbonyl (C=O) groups is 2. The number of hydrogen-bond acceptors (Lipinski definition) is 3. The molecule has 1 N–H and O–H groups in total. The van der Waals surface area contributed by atoms with Crippen molar-refractivity contribution in [1.82, 2.24) is 14.8 Å². The lowest BCUT2D eigenvalue weighted by atomic mass is 9.83. The van der Waals surface area contributed by atoms with E-state index < -0.39 is 13.6 Å². The summed E-state index contributed by atoms with van der Waals surface area (Å²) in [5.41, 5.74) is 2.59. The lowest BCUT2D eigenvalue weighted by Crippen LogP contribution is -2.55. The number of nitrogens with one attached hydrogen (secondary N) is 1. The van der Waals surface area contributed by atoms with E-state index in [0.29, 0.717) is 18.9 Å². The Labute approximate surface area is 190 Å². The van der Waals surface area contributed by atoms with Crippen LogP contribution in [0.1, 0.15) is 33.1 Å². The van der Waals surface area contributed by atoms with Gasteiger partial charge in [0.2, 0.25) is 5.91 Å². The van der Waals surface area contributed by atoms with Crippen molar-refractivity contribution in [3.8, 4) is 0 Å². The molecule has 0 atom stereocenters. The van der Waals surface area contributed by atoms with Crippen LogP contribution in [-0.2, 0) is 4.79 Å². The van der Waals surface area contributed by atoms with Crippen molar-refractivity contribution in [2.24, 2.45) is 4.99 Å². The molecule has 0 radical (unpaired) electrons. The van der Waals surface area contributed by atoms with E-state index in [-0.39, 0.29) is 17.0 Å². The maximum atomic E-state index is 13.6. The Bertz CT molecular complexity index is 1190. The van der Waals surface area contributed by atoms with E-state index >= 15 is 0 Å². The number of aromatic nitrogens is 1. The van der Waals surface area contributed by atoms with E-state index in [0.717, 1.165) is 41.3 Å². The van der Waals surface area contributed by atoms with Crippen LogP contribution in [0.2, 0.25) is 24.7 Å². The van der Waals surface area contributed by atoms with Crippen LogP contribution in [0.15, 0.2) is 52.7 Å². The SMILES string of the molecule is CC1(C)C2=C(CN1C(=O)n1ccc3ccccc31)C(NC(=O)C1([Si](C)(C)C)CCC1)=NC2. The predicted octanol–water partition coefficient (Wildman–Crippen LogP) is 4.79. The zero-order chi connectivity index (χ0) is 22.9. The molecule has 1 fully saturated rings. The fraction of sp³-hybridized carbons (Fsp3) is 0.480. The molecule has 6 nitrogen and oxygen atoms in total. The van der Waals surface area contributed by atoms with E-state index in [2.05, 4.69) is 38.8 Å². The van der Waals surface area contributed by atoms with Crippen molar-refractivity contribution < 1.29 is 9.59 Å². The van der Waals surface area contributed by atoms with Gasteiger partial charge in [0.05, 0.1) is 32.2 Å². The van der Waals surface area contributed by atoms with Gasteiger partial charge in [0.1, 0.15) is 5.84 Å². The Morgan fingerprint density at radius 2 is 1.81 bits per heavy atom. The maximum absolute atomic E-state index is 13.6. The zero-order valence-electron chi connectivity index (χ0n) is 19.7. The number of benzene rings is 1. The topological polar surface area (TPSA) is 66.7 Å². The number of carbonyl (C=O) groups excluding carboxylic acids is 2. The predicted molar refractivity (Wildman–Crippen MR) is 131 cm³/mol. The molecule has 2 aliphatic heterocycles. The molecular formula is C25H32N4O2Si. The van der Waals surface area contributed by atoms with Gasteiger partial charge in [0.25, 0.3) is 0 Å². The summed E-state index contributed by atoms with van der Waals surface area (Å²) < 4.78 is 1.73. The third-order valence-corrected chi connectivity index (χ3v) is 11.7. The van der Waals surface area contributed by atoms with Gasteiger partial charge < -0.3 is 10.2 Å². The second kappa shape index (κ2) is 6.91. The Morgan fingerprint density at radius 3 is 2.47 bits per heavy atom. The van der Waals surface area contributed by atoms with Gasteiger partial charge in [-0.05, 0) is 44.4 Å². The number of fused-ring (bicyclic) bond motifs is 1. The molecule has 0 spiro atoms. The Balaban J connectivity index is 1.39. The van der Waals surface area contributed by atoms with Crippen LogP contribution >= 0.6 is 0 Å². The lowest BCUT2D eigenvalue weighted by Gasteiger charge is -2.49. The van der Waals surface area contributed by atoms with Gasteiger partial charge in [-0.15, -0.1) is 0 Å². The third-order valence-electron chi connectivity index (χ3n) is 8.12. The molecule has 1 aliphatic carbocycles. The quantitative estimate of drug-likeness (QED) is 0.671. The summed E-state index contributed by atoms with van der Waals surface area (Å²) in [6, 6.07) is 9.84. The normalized spacial score (nSPS) is 21.4. The Kier molecular flexibility index (Phi) is 4.58. The lowest BCUT2D eigenvalue weighted by molar-refractivity contribution is -0.125. The van der Waals surface area contributed by atoms with Crippen molar-refractivity contribution in [1.29, 1.82) is 0 Å². The van der Waals surface area contributed by atoms with Gasteiger partial charge in [-0.2, -0.15) is 0 Å². The van der Waals surface area contributed by atoms with Crippen molar-refractivity contribution in [3.05, 3.63) is 47.7 Å². The molecule has 168 valence electrons. The zero-order valence-corrected chi connectivity index (χ0v) is 20.7. The maximum Gasteiger partial charge on any atom is 0.329 e. The second-order valence-electron chi connectivity index (χ2n) is 10.9. The number of amidine groups is 1. The third kappa shape index (κ3) is 2.86. The molecule has 7 heteroatoms. The highest BCUT2D eigenvalue weighted by molar-refractivity contribution is 6.82. The van der Waals surface area contributed by atoms with Gasteiger partial charge >= 0.3 is 6.03 Å². The van der Waals surface area contributed by atoms with Gasteiger partial charge in [0.15, 0.2) is 0 Å². The molecule has 5 rings (SSSR count). The average molecular weight is 449 g/mol. The van der Waals surface area contributed by atoms with Crippen LogP contribution in [0, 0.1) is 0 Å². The van der Waals surface area contributed by atoms with Crippen molar-refractivity contribution in [2.75, 3.05) is 13.1 Å². The molecule has 0 saturated heterocycles. The van der Waals surface area contributed by atoms with Gasteiger partial charge in [-0.25, -0.2) is 4.79 Å². The fourth-order valence-corrected chi connectivity index (χ4v) is 8.22. The van der Waals surface area contributed by atoms with Crippen molar-refractivity contribution in [2.45, 2.75) is 63.3 Å². The highest BCUT2D eigenvalue weighted by Gasteiger charge is 2.54. The van der Waals surface area contributed by atoms with E-state index in [1.807, 2.05) is 41.4 Å². The molecule has 1 aromatic carbocycles. The molecular weight excluding hydrogens is 416 g/mol. The van der Waals surface area contributed by atoms with Crippen LogP contribution in [0.4, 0.5) is 4.79 Å². The first-order valence-electron chi connectivity index (χ1n) is 11.5. The first-order valence-corrected chi connectivity index (χ1v) is 15.0. The number of aliphatic imine (C=N–C) groups is 1. The van der Waals surface area contributed by atoms with E-state index in [9.17, 15) is 9.59 Å². The summed E-state index contributed by atoms with van der Waals surface area (Å²) in [5.74, 6) is 0.810. The van der Waals surface area contributed by atoms with Crippen molar-refractivity contribution in [3.63, 3.8) is 0 Å². The molecule has 32 heavy (non-hydrogen) atoms. The fourth-order valence-electron chi connectivity index (χ4n) is 5.62. The first kappa shape index (κ1) is 21.2. The largest absolute Gasteiger partial charge is 0.329 e. The van der Waals surface area contributed by atoms with Crippen LogP contribution in [0.3, 0.4) is 0 Å². The molecule has 0 unspecified atom stereocenters. The summed E-state index contributed by atoms with van der Waals surface area (Å²) in [6.07, 6.45) is 4.92. The Hall–Kier alpha value is -2.67. The van der Waals surface area contributed by atoms with Crippen LogP contribution in [0.25, 0.3) is 10.9 Å². The van der Waals surface area contributed by atoms with Crippen LogP contribution in [-0.4, -0.2) is 53.9 Å². The second-order valence-corrected chi connectivity index (χ2v) is 16.4. The first-order chi connectivity index (χ1) is 15.1. The van der Waals surface area contributed by atoms with Crippen molar-refractivity contribution >= 4 is 36.8 Å². The number of hydrogen-bond donors (Lipinski definition) is 1. The van der Waals surface area contributed by atoms with Crippen LogP contribution < -0.4 is 5.32 Å². The summed E-state index contributed by atoms with van der Waals surface area (Å²) >= 11 is 0. The standard InChI is InChI=1S/C25H32N4O2Si/c1-24(2)19-15-26-21(27-22(30)25(12-8-13-25)32(3,4)5)18(19)16-29(24)23(31)28-14-11-17-9-6-7-10-20(17)28/h6-7,9-11,14H,8,12-13,15-16H2,1-5H3,(H,26,27,30). The summed E-state index contributed by atoms with van der Waals surface area (Å²) in [6.45, 7) is 12.0. The highest BCUT2D eigenvalue weighted by Crippen LogP contribution is 2.55. The van der Waals surface area contributed by atoms with Gasteiger partial charge in [-0.1, -0.05) is 44.3 Å². The monoisotopic (exact) mass is 448 g/mol. The molecule has 1 aromatic heterocycles. The number of rotatable bonds is 2. The smallest absolute Gasteiger partial charge is 0.311 e. The minimum Gasteiger partial charge on any atom is -0.311 e. The number of nitrogens with zero attached hydrogens (tertiary/aromatic N) is 3. The molecule has 1 saturated carbocycles. The van der Waals surface area contributed by atoms with Crippen LogP contribution in [0.5, 0.6) is 0 Å². The Morgan fingerprint density at radius 1 is 1.09 bits per heavy atom. The number of para-hydroxylation sites is 1. The minimum atomic E-state index is -1.67.